The van der Waals surface area contributed by atoms with Crippen LogP contribution in [-0.4, -0.2) is 20.3 Å². The van der Waals surface area contributed by atoms with Crippen molar-refractivity contribution in [3.05, 3.63) is 15.9 Å². The largest absolute Gasteiger partial charge is 0.251 e. The van der Waals surface area contributed by atoms with E-state index in [9.17, 15) is 8.42 Å². The molecule has 7 heteroatoms. The first-order chi connectivity index (χ1) is 7.78. The van der Waals surface area contributed by atoms with Crippen LogP contribution in [0.2, 0.25) is 0 Å². The second-order valence-corrected chi connectivity index (χ2v) is 9.01. The highest BCUT2D eigenvalue weighted by molar-refractivity contribution is 9.10. The summed E-state index contributed by atoms with van der Waals surface area (Å²) in [5.74, 6) is 0. The summed E-state index contributed by atoms with van der Waals surface area (Å²) in [6.07, 6.45) is 0.918. The van der Waals surface area contributed by atoms with Crippen molar-refractivity contribution in [3.63, 3.8) is 0 Å². The molecular weight excluding hydrogens is 390 g/mol. The summed E-state index contributed by atoms with van der Waals surface area (Å²) in [7, 11) is -3.39. The third-order valence-electron chi connectivity index (χ3n) is 2.34. The van der Waals surface area contributed by atoms with Crippen LogP contribution >= 0.6 is 43.2 Å². The normalized spacial score (nSPS) is 12.9. The van der Waals surface area contributed by atoms with Gasteiger partial charge in [-0.05, 0) is 39.2 Å². The lowest BCUT2D eigenvalue weighted by Gasteiger charge is -2.23. The van der Waals surface area contributed by atoms with Gasteiger partial charge in [0.15, 0.2) is 0 Å². The van der Waals surface area contributed by atoms with Gasteiger partial charge in [0.1, 0.15) is 4.21 Å². The number of rotatable bonds is 6. The Balaban J connectivity index is 2.73. The van der Waals surface area contributed by atoms with Crippen LogP contribution in [0, 0.1) is 5.41 Å². The standard InChI is InChI=1S/C10H15Br2NO2S2/c1-10(2,4-5-11)7-13-17(14,15)9-8(12)3-6-16-9/h3,6,13H,4-5,7H2,1-2H3. The van der Waals surface area contributed by atoms with Gasteiger partial charge >= 0.3 is 0 Å². The molecule has 0 aliphatic rings. The van der Waals surface area contributed by atoms with Gasteiger partial charge in [-0.15, -0.1) is 11.3 Å². The Morgan fingerprint density at radius 2 is 2.12 bits per heavy atom. The van der Waals surface area contributed by atoms with Gasteiger partial charge in [0.25, 0.3) is 10.0 Å². The van der Waals surface area contributed by atoms with Gasteiger partial charge in [0.05, 0.1) is 0 Å². The minimum Gasteiger partial charge on any atom is -0.210 e. The van der Waals surface area contributed by atoms with E-state index < -0.39 is 10.0 Å². The number of sulfonamides is 1. The molecule has 1 aromatic rings. The fourth-order valence-electron chi connectivity index (χ4n) is 1.17. The Morgan fingerprint density at radius 3 is 2.59 bits per heavy atom. The van der Waals surface area contributed by atoms with Crippen molar-refractivity contribution in [1.82, 2.24) is 4.72 Å². The molecule has 0 aromatic carbocycles. The van der Waals surface area contributed by atoms with Crippen molar-refractivity contribution in [2.24, 2.45) is 5.41 Å². The van der Waals surface area contributed by atoms with Crippen molar-refractivity contribution in [3.8, 4) is 0 Å². The number of hydrogen-bond donors (Lipinski definition) is 1. The molecular formula is C10H15Br2NO2S2. The van der Waals surface area contributed by atoms with E-state index >= 15 is 0 Å². The molecule has 0 radical (unpaired) electrons. The Bertz CT molecular complexity index is 468. The first-order valence-electron chi connectivity index (χ1n) is 5.07. The summed E-state index contributed by atoms with van der Waals surface area (Å²) >= 11 is 7.82. The van der Waals surface area contributed by atoms with E-state index in [0.717, 1.165) is 11.8 Å². The Morgan fingerprint density at radius 1 is 1.47 bits per heavy atom. The van der Waals surface area contributed by atoms with Crippen molar-refractivity contribution >= 4 is 53.2 Å². The molecule has 0 bridgehead atoms. The van der Waals surface area contributed by atoms with Gasteiger partial charge < -0.3 is 0 Å². The van der Waals surface area contributed by atoms with E-state index in [4.69, 9.17) is 0 Å². The quantitative estimate of drug-likeness (QED) is 0.736. The molecule has 0 spiro atoms. The molecule has 1 heterocycles. The number of thiophene rings is 1. The van der Waals surface area contributed by atoms with Crippen molar-refractivity contribution in [1.29, 1.82) is 0 Å². The first-order valence-corrected chi connectivity index (χ1v) is 9.35. The summed E-state index contributed by atoms with van der Waals surface area (Å²) in [4.78, 5) is 0. The van der Waals surface area contributed by atoms with Crippen LogP contribution in [0.3, 0.4) is 0 Å². The van der Waals surface area contributed by atoms with Crippen LogP contribution in [-0.2, 0) is 10.0 Å². The van der Waals surface area contributed by atoms with Gasteiger partial charge in [0.2, 0.25) is 0 Å². The van der Waals surface area contributed by atoms with Gasteiger partial charge in [-0.2, -0.15) is 0 Å². The number of hydrogen-bond acceptors (Lipinski definition) is 3. The molecule has 98 valence electrons. The maximum Gasteiger partial charge on any atom is 0.251 e. The maximum absolute atomic E-state index is 12.0. The van der Waals surface area contributed by atoms with Crippen LogP contribution in [0.25, 0.3) is 0 Å². The van der Waals surface area contributed by atoms with Gasteiger partial charge in [-0.1, -0.05) is 29.8 Å². The lowest BCUT2D eigenvalue weighted by atomic mass is 9.91. The molecule has 0 unspecified atom stereocenters. The van der Waals surface area contributed by atoms with E-state index in [2.05, 4.69) is 36.6 Å². The predicted molar refractivity (Wildman–Crippen MR) is 79.4 cm³/mol. The smallest absolute Gasteiger partial charge is 0.210 e. The minimum atomic E-state index is -3.39. The molecule has 1 rings (SSSR count). The van der Waals surface area contributed by atoms with Crippen LogP contribution in [0.5, 0.6) is 0 Å². The molecule has 0 fully saturated rings. The summed E-state index contributed by atoms with van der Waals surface area (Å²) < 4.78 is 27.7. The van der Waals surface area contributed by atoms with E-state index in [1.165, 1.54) is 11.3 Å². The molecule has 0 aliphatic heterocycles. The Hall–Kier alpha value is 0.570. The Kier molecular flexibility index (Phi) is 5.65. The monoisotopic (exact) mass is 403 g/mol. The van der Waals surface area contributed by atoms with Crippen LogP contribution in [0.1, 0.15) is 20.3 Å². The van der Waals surface area contributed by atoms with Crippen molar-refractivity contribution < 1.29 is 8.42 Å². The molecule has 0 saturated heterocycles. The van der Waals surface area contributed by atoms with E-state index in [-0.39, 0.29) is 5.41 Å². The van der Waals surface area contributed by atoms with Crippen LogP contribution < -0.4 is 4.72 Å². The minimum absolute atomic E-state index is 0.0553. The molecule has 1 aromatic heterocycles. The van der Waals surface area contributed by atoms with E-state index in [0.29, 0.717) is 15.2 Å². The van der Waals surface area contributed by atoms with Gasteiger partial charge in [0, 0.05) is 16.3 Å². The molecule has 0 atom stereocenters. The molecule has 3 nitrogen and oxygen atoms in total. The zero-order valence-corrected chi connectivity index (χ0v) is 14.5. The van der Waals surface area contributed by atoms with Gasteiger partial charge in [-0.25, -0.2) is 13.1 Å². The highest BCUT2D eigenvalue weighted by Gasteiger charge is 2.24. The topological polar surface area (TPSA) is 46.2 Å². The number of halogens is 2. The first kappa shape index (κ1) is 15.6. The summed E-state index contributed by atoms with van der Waals surface area (Å²) in [5.41, 5.74) is -0.0553. The van der Waals surface area contributed by atoms with Crippen LogP contribution in [0.15, 0.2) is 20.1 Å². The van der Waals surface area contributed by atoms with Crippen LogP contribution in [0.4, 0.5) is 0 Å². The summed E-state index contributed by atoms with van der Waals surface area (Å²) in [6.45, 7) is 4.52. The molecule has 1 N–H and O–H groups in total. The third-order valence-corrected chi connectivity index (χ3v) is 6.81. The molecule has 0 saturated carbocycles. The zero-order chi connectivity index (χ0) is 13.1. The molecule has 0 aliphatic carbocycles. The average molecular weight is 405 g/mol. The number of nitrogens with one attached hydrogen (secondary N) is 1. The highest BCUT2D eigenvalue weighted by Crippen LogP contribution is 2.28. The van der Waals surface area contributed by atoms with Crippen molar-refractivity contribution in [2.45, 2.75) is 24.5 Å². The lowest BCUT2D eigenvalue weighted by Crippen LogP contribution is -2.34. The fourth-order valence-corrected chi connectivity index (χ4v) is 5.87. The Labute approximate surface area is 123 Å². The number of alkyl halides is 1. The summed E-state index contributed by atoms with van der Waals surface area (Å²) in [5, 5.41) is 2.62. The van der Waals surface area contributed by atoms with Crippen molar-refractivity contribution in [2.75, 3.05) is 11.9 Å². The third kappa shape index (κ3) is 4.63. The zero-order valence-electron chi connectivity index (χ0n) is 9.66. The predicted octanol–water partition coefficient (Wildman–Crippen LogP) is 3.60. The van der Waals surface area contributed by atoms with E-state index in [1.54, 1.807) is 11.4 Å². The highest BCUT2D eigenvalue weighted by atomic mass is 79.9. The van der Waals surface area contributed by atoms with Gasteiger partial charge in [-0.3, -0.25) is 0 Å². The van der Waals surface area contributed by atoms with E-state index in [1.807, 2.05) is 13.8 Å². The fraction of sp³-hybridized carbons (Fsp3) is 0.600. The molecule has 17 heavy (non-hydrogen) atoms. The second-order valence-electron chi connectivity index (χ2n) is 4.48. The molecule has 0 amide bonds. The average Bonchev–Trinajstić information content (AvgIpc) is 2.63. The lowest BCUT2D eigenvalue weighted by molar-refractivity contribution is 0.354. The summed E-state index contributed by atoms with van der Waals surface area (Å²) in [6, 6.07) is 1.74. The SMILES string of the molecule is CC(C)(CCBr)CNS(=O)(=O)c1sccc1Br. The maximum atomic E-state index is 12.0. The second kappa shape index (κ2) is 6.14.